The van der Waals surface area contributed by atoms with E-state index in [4.69, 9.17) is 27.9 Å². The lowest BCUT2D eigenvalue weighted by molar-refractivity contribution is -0.137. The summed E-state index contributed by atoms with van der Waals surface area (Å²) < 4.78 is 46.0. The first-order valence-corrected chi connectivity index (χ1v) is 9.97. The van der Waals surface area contributed by atoms with Crippen LogP contribution in [0.15, 0.2) is 72.8 Å². The molecule has 2 heterocycles. The molecule has 2 aliphatic heterocycles. The second kappa shape index (κ2) is 6.88. The Labute approximate surface area is 185 Å². The van der Waals surface area contributed by atoms with Gasteiger partial charge < -0.3 is 4.74 Å². The van der Waals surface area contributed by atoms with Crippen molar-refractivity contribution in [3.63, 3.8) is 0 Å². The summed E-state index contributed by atoms with van der Waals surface area (Å²) in [7, 11) is 0. The summed E-state index contributed by atoms with van der Waals surface area (Å²) in [5.74, 6) is 0. The molecule has 3 aromatic rings. The van der Waals surface area contributed by atoms with E-state index in [0.29, 0.717) is 21.4 Å². The highest BCUT2D eigenvalue weighted by molar-refractivity contribution is 6.31. The van der Waals surface area contributed by atoms with E-state index in [1.165, 1.54) is 21.9 Å². The number of carbonyl (C=O) groups is 1. The molecule has 2 unspecified atom stereocenters. The Bertz CT molecular complexity index is 1170. The van der Waals surface area contributed by atoms with Gasteiger partial charge in [0.05, 0.1) is 5.56 Å². The zero-order chi connectivity index (χ0) is 22.0. The molecular weight excluding hydrogens is 452 g/mol. The molecule has 3 aromatic carbocycles. The summed E-state index contributed by atoms with van der Waals surface area (Å²) in [6.45, 7) is 0. The first-order chi connectivity index (χ1) is 14.7. The predicted molar refractivity (Wildman–Crippen MR) is 111 cm³/mol. The van der Waals surface area contributed by atoms with E-state index in [1.807, 2.05) is 0 Å². The van der Waals surface area contributed by atoms with Crippen LogP contribution in [0.3, 0.4) is 0 Å². The van der Waals surface area contributed by atoms with Crippen molar-refractivity contribution in [3.8, 4) is 0 Å². The largest absolute Gasteiger partial charge is 0.416 e. The Morgan fingerprint density at radius 2 is 1.45 bits per heavy atom. The second-order valence-corrected chi connectivity index (χ2v) is 8.06. The molecule has 4 nitrogen and oxygen atoms in total. The van der Waals surface area contributed by atoms with Gasteiger partial charge in [0.2, 0.25) is 5.72 Å². The highest BCUT2D eigenvalue weighted by atomic mass is 35.5. The Hall–Kier alpha value is -2.74. The van der Waals surface area contributed by atoms with Crippen molar-refractivity contribution in [1.82, 2.24) is 0 Å². The summed E-state index contributed by atoms with van der Waals surface area (Å²) in [6, 6.07) is 17.4. The second-order valence-electron chi connectivity index (χ2n) is 7.19. The van der Waals surface area contributed by atoms with Crippen LogP contribution >= 0.6 is 23.2 Å². The van der Waals surface area contributed by atoms with Crippen LogP contribution in [0.5, 0.6) is 0 Å². The molecule has 9 heteroatoms. The maximum absolute atomic E-state index is 13.5. The lowest BCUT2D eigenvalue weighted by Crippen LogP contribution is -2.40. The number of rotatable bonds is 3. The smallest absolute Gasteiger partial charge is 0.317 e. The average Bonchev–Trinajstić information content (AvgIpc) is 3.40. The van der Waals surface area contributed by atoms with Gasteiger partial charge >= 0.3 is 12.2 Å². The van der Waals surface area contributed by atoms with Gasteiger partial charge in [-0.1, -0.05) is 35.3 Å². The van der Waals surface area contributed by atoms with Crippen LogP contribution in [-0.2, 0) is 16.6 Å². The van der Waals surface area contributed by atoms with E-state index in [2.05, 4.69) is 0 Å². The van der Waals surface area contributed by atoms with Gasteiger partial charge in [0.1, 0.15) is 0 Å². The third kappa shape index (κ3) is 3.15. The number of carbonyl (C=O) groups excluding carboxylic acids is 1. The van der Waals surface area contributed by atoms with Crippen molar-refractivity contribution < 1.29 is 22.7 Å². The molecule has 0 spiro atoms. The first-order valence-electron chi connectivity index (χ1n) is 9.22. The topological polar surface area (TPSA) is 36.1 Å². The Morgan fingerprint density at radius 1 is 0.871 bits per heavy atom. The van der Waals surface area contributed by atoms with Gasteiger partial charge in [-0.3, -0.25) is 9.80 Å². The van der Waals surface area contributed by atoms with Gasteiger partial charge in [0.25, 0.3) is 0 Å². The third-order valence-electron chi connectivity index (χ3n) is 5.33. The first kappa shape index (κ1) is 20.2. The number of epoxide rings is 1. The molecule has 2 saturated heterocycles. The van der Waals surface area contributed by atoms with Gasteiger partial charge in [-0.2, -0.15) is 13.2 Å². The fourth-order valence-electron chi connectivity index (χ4n) is 3.88. The minimum atomic E-state index is -4.53. The SMILES string of the molecule is O=C1N(c2ccc(Cl)cc2)C2OC2(c2cccc(C(F)(F)F)c2)N1c1ccc(Cl)cc1. The number of benzene rings is 3. The highest BCUT2D eigenvalue weighted by Gasteiger charge is 2.74. The minimum absolute atomic E-state index is 0.229. The summed E-state index contributed by atoms with van der Waals surface area (Å²) in [6.07, 6.45) is -5.33. The lowest BCUT2D eigenvalue weighted by atomic mass is 10.0. The fourth-order valence-corrected chi connectivity index (χ4v) is 4.13. The number of urea groups is 1. The fraction of sp³-hybridized carbons (Fsp3) is 0.136. The van der Waals surface area contributed by atoms with Crippen molar-refractivity contribution in [3.05, 3.63) is 94.0 Å². The summed E-state index contributed by atoms with van der Waals surface area (Å²) in [5, 5.41) is 0.956. The maximum Gasteiger partial charge on any atom is 0.416 e. The molecule has 31 heavy (non-hydrogen) atoms. The zero-order valence-corrected chi connectivity index (χ0v) is 17.1. The van der Waals surface area contributed by atoms with E-state index in [0.717, 1.165) is 12.1 Å². The van der Waals surface area contributed by atoms with E-state index < -0.39 is 29.7 Å². The molecule has 5 rings (SSSR count). The van der Waals surface area contributed by atoms with Gasteiger partial charge in [-0.05, 0) is 60.7 Å². The van der Waals surface area contributed by atoms with Crippen LogP contribution in [0.4, 0.5) is 29.3 Å². The number of anilines is 2. The van der Waals surface area contributed by atoms with Crippen molar-refractivity contribution >= 4 is 40.6 Å². The number of fused-ring (bicyclic) bond motifs is 1. The molecule has 0 aromatic heterocycles. The summed E-state index contributed by atoms with van der Waals surface area (Å²) in [5.41, 5.74) is -1.02. The molecule has 2 aliphatic rings. The minimum Gasteiger partial charge on any atom is -0.317 e. The van der Waals surface area contributed by atoms with Gasteiger partial charge in [0.15, 0.2) is 6.23 Å². The number of nitrogens with zero attached hydrogens (tertiary/aromatic N) is 2. The zero-order valence-electron chi connectivity index (χ0n) is 15.6. The number of hydrogen-bond acceptors (Lipinski definition) is 2. The van der Waals surface area contributed by atoms with Crippen LogP contribution in [-0.4, -0.2) is 12.3 Å². The van der Waals surface area contributed by atoms with E-state index >= 15 is 0 Å². The Balaban J connectivity index is 1.65. The van der Waals surface area contributed by atoms with Gasteiger partial charge in [0, 0.05) is 27.0 Å². The highest BCUT2D eigenvalue weighted by Crippen LogP contribution is 2.58. The standard InChI is InChI=1S/C22H13Cl2F3N2O2/c23-15-4-8-17(9-5-15)28-19-21(31-19,13-2-1-3-14(12-13)22(25,26)27)29(20(28)30)18-10-6-16(24)7-11-18/h1-12,19H. The number of hydrogen-bond donors (Lipinski definition) is 0. The molecule has 0 N–H and O–H groups in total. The summed E-state index contributed by atoms with van der Waals surface area (Å²) >= 11 is 11.9. The Morgan fingerprint density at radius 3 is 2.03 bits per heavy atom. The molecular formula is C22H13Cl2F3N2O2. The van der Waals surface area contributed by atoms with Crippen molar-refractivity contribution in [2.45, 2.75) is 18.1 Å². The molecule has 0 aliphatic carbocycles. The Kier molecular flexibility index (Phi) is 4.48. The van der Waals surface area contributed by atoms with Crippen molar-refractivity contribution in [1.29, 1.82) is 0 Å². The maximum atomic E-state index is 13.5. The molecule has 2 amide bonds. The lowest BCUT2D eigenvalue weighted by Gasteiger charge is -2.27. The van der Waals surface area contributed by atoms with Gasteiger partial charge in [-0.25, -0.2) is 4.79 Å². The quantitative estimate of drug-likeness (QED) is 0.405. The average molecular weight is 465 g/mol. The van der Waals surface area contributed by atoms with E-state index in [-0.39, 0.29) is 5.56 Å². The monoisotopic (exact) mass is 464 g/mol. The number of ether oxygens (including phenoxy) is 1. The van der Waals surface area contributed by atoms with Crippen molar-refractivity contribution in [2.75, 3.05) is 9.80 Å². The number of halogens is 5. The van der Waals surface area contributed by atoms with Crippen LogP contribution in [0.2, 0.25) is 10.0 Å². The third-order valence-corrected chi connectivity index (χ3v) is 5.83. The van der Waals surface area contributed by atoms with E-state index in [1.54, 1.807) is 48.5 Å². The molecule has 2 atom stereocenters. The van der Waals surface area contributed by atoms with Crippen LogP contribution in [0.1, 0.15) is 11.1 Å². The summed E-state index contributed by atoms with van der Waals surface area (Å²) in [4.78, 5) is 16.2. The normalized spacial score (nSPS) is 22.6. The number of alkyl halides is 3. The van der Waals surface area contributed by atoms with Crippen LogP contribution in [0, 0.1) is 0 Å². The molecule has 158 valence electrons. The van der Waals surface area contributed by atoms with E-state index in [9.17, 15) is 18.0 Å². The molecule has 2 fully saturated rings. The molecule has 0 bridgehead atoms. The van der Waals surface area contributed by atoms with Crippen LogP contribution < -0.4 is 9.80 Å². The van der Waals surface area contributed by atoms with Crippen LogP contribution in [0.25, 0.3) is 0 Å². The molecule has 0 radical (unpaired) electrons. The van der Waals surface area contributed by atoms with Gasteiger partial charge in [-0.15, -0.1) is 0 Å². The van der Waals surface area contributed by atoms with Crippen molar-refractivity contribution in [2.24, 2.45) is 0 Å². The molecule has 0 saturated carbocycles. The number of amides is 2. The predicted octanol–water partition coefficient (Wildman–Crippen LogP) is 6.67.